The number of hydrogen-bond donors (Lipinski definition) is 0. The molecular formula is C19H31F3O4. The summed E-state index contributed by atoms with van der Waals surface area (Å²) in [4.78, 5) is 22.7. The molecule has 4 nitrogen and oxygen atoms in total. The van der Waals surface area contributed by atoms with Crippen molar-refractivity contribution in [2.75, 3.05) is 6.61 Å². The maximum atomic E-state index is 12.2. The van der Waals surface area contributed by atoms with Gasteiger partial charge in [-0.05, 0) is 26.2 Å². The summed E-state index contributed by atoms with van der Waals surface area (Å²) in [6.07, 6.45) is 5.19. The summed E-state index contributed by atoms with van der Waals surface area (Å²) in [7, 11) is 0. The van der Waals surface area contributed by atoms with Crippen molar-refractivity contribution >= 4 is 11.9 Å². The average Bonchev–Trinajstić information content (AvgIpc) is 2.55. The highest BCUT2D eigenvalue weighted by Gasteiger charge is 2.38. The van der Waals surface area contributed by atoms with E-state index in [1.54, 1.807) is 6.08 Å². The Hall–Kier alpha value is -1.53. The van der Waals surface area contributed by atoms with E-state index < -0.39 is 24.2 Å². The molecule has 1 unspecified atom stereocenters. The average molecular weight is 380 g/mol. The predicted octanol–water partition coefficient (Wildman–Crippen LogP) is 5.50. The van der Waals surface area contributed by atoms with Crippen molar-refractivity contribution in [1.82, 2.24) is 0 Å². The normalized spacial score (nSPS) is 13.0. The second-order valence-electron chi connectivity index (χ2n) is 6.24. The minimum absolute atomic E-state index is 0.0270. The molecule has 0 radical (unpaired) electrons. The number of carbonyl (C=O) groups is 2. The van der Waals surface area contributed by atoms with Crippen LogP contribution < -0.4 is 0 Å². The van der Waals surface area contributed by atoms with E-state index in [1.807, 2.05) is 6.08 Å². The van der Waals surface area contributed by atoms with Crippen LogP contribution in [-0.4, -0.2) is 30.8 Å². The molecule has 7 heteroatoms. The van der Waals surface area contributed by atoms with Gasteiger partial charge in [0.15, 0.2) is 6.10 Å². The Morgan fingerprint density at radius 1 is 0.923 bits per heavy atom. The highest BCUT2D eigenvalue weighted by Crippen LogP contribution is 2.22. The third kappa shape index (κ3) is 14.8. The second kappa shape index (κ2) is 14.6. The van der Waals surface area contributed by atoms with E-state index in [1.165, 1.54) is 32.1 Å². The molecule has 26 heavy (non-hydrogen) atoms. The van der Waals surface area contributed by atoms with Gasteiger partial charge in [-0.3, -0.25) is 9.59 Å². The fourth-order valence-electron chi connectivity index (χ4n) is 2.14. The van der Waals surface area contributed by atoms with Crippen molar-refractivity contribution in [2.24, 2.45) is 0 Å². The van der Waals surface area contributed by atoms with Gasteiger partial charge in [0.2, 0.25) is 0 Å². The molecule has 1 atom stereocenters. The first-order chi connectivity index (χ1) is 12.3. The number of esters is 2. The first-order valence-electron chi connectivity index (χ1n) is 9.34. The zero-order chi connectivity index (χ0) is 19.8. The van der Waals surface area contributed by atoms with Crippen molar-refractivity contribution in [1.29, 1.82) is 0 Å². The van der Waals surface area contributed by atoms with Gasteiger partial charge in [-0.2, -0.15) is 13.2 Å². The first-order valence-corrected chi connectivity index (χ1v) is 9.34. The van der Waals surface area contributed by atoms with Gasteiger partial charge in [0.25, 0.3) is 0 Å². The summed E-state index contributed by atoms with van der Waals surface area (Å²) in [6.45, 7) is 3.12. The molecule has 0 saturated carbocycles. The Morgan fingerprint density at radius 3 is 2.19 bits per heavy atom. The molecule has 0 aliphatic heterocycles. The summed E-state index contributed by atoms with van der Waals surface area (Å²) in [5, 5.41) is 0. The quantitative estimate of drug-likeness (QED) is 0.227. The summed E-state index contributed by atoms with van der Waals surface area (Å²) in [5.41, 5.74) is 0. The molecule has 0 bridgehead atoms. The molecule has 0 N–H and O–H groups in total. The molecule has 0 aliphatic carbocycles. The first kappa shape index (κ1) is 24.5. The summed E-state index contributed by atoms with van der Waals surface area (Å²) in [6, 6.07) is 0. The minimum atomic E-state index is -4.57. The monoisotopic (exact) mass is 380 g/mol. The van der Waals surface area contributed by atoms with E-state index in [0.29, 0.717) is 0 Å². The second-order valence-corrected chi connectivity index (χ2v) is 6.24. The molecule has 0 spiro atoms. The van der Waals surface area contributed by atoms with E-state index in [9.17, 15) is 22.8 Å². The van der Waals surface area contributed by atoms with Crippen molar-refractivity contribution in [3.05, 3.63) is 12.2 Å². The summed E-state index contributed by atoms with van der Waals surface area (Å²) < 4.78 is 45.9. The number of rotatable bonds is 14. The maximum Gasteiger partial charge on any atom is 0.425 e. The van der Waals surface area contributed by atoms with Gasteiger partial charge in [-0.15, -0.1) is 0 Å². The molecule has 0 aromatic rings. The largest absolute Gasteiger partial charge is 0.461 e. The molecule has 0 aromatic carbocycles. The van der Waals surface area contributed by atoms with Crippen LogP contribution in [0.3, 0.4) is 0 Å². The Labute approximate surface area is 154 Å². The Kier molecular flexibility index (Phi) is 13.8. The molecular weight excluding hydrogens is 349 g/mol. The lowest BCUT2D eigenvalue weighted by atomic mass is 10.1. The Balaban J connectivity index is 3.60. The van der Waals surface area contributed by atoms with Crippen LogP contribution in [0.15, 0.2) is 12.2 Å². The van der Waals surface area contributed by atoms with Crippen LogP contribution in [0.1, 0.15) is 78.1 Å². The molecule has 0 aliphatic rings. The van der Waals surface area contributed by atoms with Gasteiger partial charge in [0.05, 0.1) is 0 Å². The topological polar surface area (TPSA) is 52.6 Å². The van der Waals surface area contributed by atoms with Crippen LogP contribution in [0.2, 0.25) is 0 Å². The van der Waals surface area contributed by atoms with Crippen LogP contribution in [-0.2, 0) is 19.1 Å². The molecule has 0 aromatic heterocycles. The zero-order valence-electron chi connectivity index (χ0n) is 15.8. The van der Waals surface area contributed by atoms with E-state index in [-0.39, 0.29) is 25.9 Å². The van der Waals surface area contributed by atoms with Crippen LogP contribution in [0.4, 0.5) is 13.2 Å². The van der Waals surface area contributed by atoms with E-state index in [0.717, 1.165) is 19.8 Å². The molecule has 0 rings (SSSR count). The number of unbranched alkanes of at least 4 members (excludes halogenated alkanes) is 6. The highest BCUT2D eigenvalue weighted by molar-refractivity contribution is 5.72. The molecule has 0 saturated heterocycles. The number of carbonyl (C=O) groups excluding carboxylic acids is 2. The van der Waals surface area contributed by atoms with Gasteiger partial charge in [-0.25, -0.2) is 0 Å². The third-order valence-corrected chi connectivity index (χ3v) is 3.76. The van der Waals surface area contributed by atoms with E-state index >= 15 is 0 Å². The fourth-order valence-corrected chi connectivity index (χ4v) is 2.14. The zero-order valence-corrected chi connectivity index (χ0v) is 15.8. The standard InChI is InChI=1S/C19H31F3O4/c1-3-4-5-6-7-8-9-10-11-15-25-17(23)13-12-14-18(24)26-16(2)19(20,21)22/h10-11,16H,3-9,12-15H2,1-2H3/b11-10+. The molecule has 0 amide bonds. The Morgan fingerprint density at radius 2 is 1.54 bits per heavy atom. The predicted molar refractivity (Wildman–Crippen MR) is 93.6 cm³/mol. The molecule has 0 fully saturated rings. The van der Waals surface area contributed by atoms with Gasteiger partial charge < -0.3 is 9.47 Å². The lowest BCUT2D eigenvalue weighted by Gasteiger charge is -2.16. The van der Waals surface area contributed by atoms with E-state index in [4.69, 9.17) is 4.74 Å². The highest BCUT2D eigenvalue weighted by atomic mass is 19.4. The van der Waals surface area contributed by atoms with Crippen molar-refractivity contribution in [3.8, 4) is 0 Å². The lowest BCUT2D eigenvalue weighted by Crippen LogP contribution is -2.30. The molecule has 152 valence electrons. The van der Waals surface area contributed by atoms with Gasteiger partial charge >= 0.3 is 18.1 Å². The summed E-state index contributed by atoms with van der Waals surface area (Å²) in [5.74, 6) is -1.45. The maximum absolute atomic E-state index is 12.2. The van der Waals surface area contributed by atoms with Crippen LogP contribution in [0.25, 0.3) is 0 Å². The van der Waals surface area contributed by atoms with Crippen LogP contribution >= 0.6 is 0 Å². The Bertz CT molecular complexity index is 419. The van der Waals surface area contributed by atoms with Gasteiger partial charge in [-0.1, -0.05) is 51.2 Å². The van der Waals surface area contributed by atoms with Crippen molar-refractivity contribution < 1.29 is 32.2 Å². The SMILES string of the molecule is CCCCCCCC/C=C/COC(=O)CCCC(=O)OC(C)C(F)(F)F. The van der Waals surface area contributed by atoms with Crippen molar-refractivity contribution in [2.45, 2.75) is 90.3 Å². The number of ether oxygens (including phenoxy) is 2. The number of halogens is 3. The summed E-state index contributed by atoms with van der Waals surface area (Å²) >= 11 is 0. The molecule has 0 heterocycles. The lowest BCUT2D eigenvalue weighted by molar-refractivity contribution is -0.216. The number of hydrogen-bond acceptors (Lipinski definition) is 4. The van der Waals surface area contributed by atoms with Crippen LogP contribution in [0.5, 0.6) is 0 Å². The third-order valence-electron chi connectivity index (χ3n) is 3.76. The minimum Gasteiger partial charge on any atom is -0.461 e. The number of alkyl halides is 3. The fraction of sp³-hybridized carbons (Fsp3) is 0.789. The van der Waals surface area contributed by atoms with Crippen molar-refractivity contribution in [3.63, 3.8) is 0 Å². The van der Waals surface area contributed by atoms with Crippen LogP contribution in [0, 0.1) is 0 Å². The number of allylic oxidation sites excluding steroid dienone is 1. The van der Waals surface area contributed by atoms with Gasteiger partial charge in [0, 0.05) is 12.8 Å². The smallest absolute Gasteiger partial charge is 0.425 e. The van der Waals surface area contributed by atoms with Gasteiger partial charge in [0.1, 0.15) is 6.61 Å². The van der Waals surface area contributed by atoms with E-state index in [2.05, 4.69) is 11.7 Å².